The SMILES string of the molecule is [CH2]C1CCC(C)CC1. The van der Waals surface area contributed by atoms with E-state index in [9.17, 15) is 0 Å². The molecule has 0 saturated heterocycles. The van der Waals surface area contributed by atoms with E-state index >= 15 is 0 Å². The summed E-state index contributed by atoms with van der Waals surface area (Å²) in [6.45, 7) is 6.37. The van der Waals surface area contributed by atoms with Crippen LogP contribution in [-0.2, 0) is 0 Å². The summed E-state index contributed by atoms with van der Waals surface area (Å²) in [5, 5.41) is 0. The molecule has 1 aliphatic rings. The van der Waals surface area contributed by atoms with E-state index in [0.717, 1.165) is 11.8 Å². The van der Waals surface area contributed by atoms with Gasteiger partial charge in [0, 0.05) is 0 Å². The molecule has 0 amide bonds. The smallest absolute Gasteiger partial charge is 0.0414 e. The highest BCUT2D eigenvalue weighted by Crippen LogP contribution is 2.26. The Bertz CT molecular complexity index is 48.4. The molecule has 0 N–H and O–H groups in total. The van der Waals surface area contributed by atoms with E-state index in [-0.39, 0.29) is 0 Å². The minimum Gasteiger partial charge on any atom is -0.0625 e. The Morgan fingerprint density at radius 2 is 1.62 bits per heavy atom. The van der Waals surface area contributed by atoms with E-state index in [0.29, 0.717) is 0 Å². The summed E-state index contributed by atoms with van der Waals surface area (Å²) >= 11 is 0. The summed E-state index contributed by atoms with van der Waals surface area (Å²) in [6, 6.07) is 0. The minimum absolute atomic E-state index is 0.770. The van der Waals surface area contributed by atoms with Gasteiger partial charge >= 0.3 is 0 Å². The fraction of sp³-hybridized carbons (Fsp3) is 0.875. The first kappa shape index (κ1) is 6.12. The number of hydrogen-bond acceptors (Lipinski definition) is 0. The highest BCUT2D eigenvalue weighted by atomic mass is 14.2. The van der Waals surface area contributed by atoms with Crippen LogP contribution in [0.3, 0.4) is 0 Å². The summed E-state index contributed by atoms with van der Waals surface area (Å²) < 4.78 is 0. The molecule has 0 heterocycles. The fourth-order valence-electron chi connectivity index (χ4n) is 1.33. The first-order valence-corrected chi connectivity index (χ1v) is 3.62. The topological polar surface area (TPSA) is 0 Å². The van der Waals surface area contributed by atoms with Gasteiger partial charge in [0.15, 0.2) is 0 Å². The van der Waals surface area contributed by atoms with Crippen LogP contribution in [0.5, 0.6) is 0 Å². The van der Waals surface area contributed by atoms with Crippen LogP contribution in [0.15, 0.2) is 0 Å². The van der Waals surface area contributed by atoms with Crippen molar-refractivity contribution in [3.05, 3.63) is 6.92 Å². The van der Waals surface area contributed by atoms with Gasteiger partial charge in [0.25, 0.3) is 0 Å². The maximum Gasteiger partial charge on any atom is -0.0414 e. The molecule has 0 aromatic rings. The molecule has 0 atom stereocenters. The second-order valence-corrected chi connectivity index (χ2v) is 3.13. The minimum atomic E-state index is 0.770. The van der Waals surface area contributed by atoms with Crippen molar-refractivity contribution < 1.29 is 0 Å². The third-order valence-electron chi connectivity index (χ3n) is 2.14. The zero-order chi connectivity index (χ0) is 5.98. The van der Waals surface area contributed by atoms with Crippen LogP contribution in [-0.4, -0.2) is 0 Å². The van der Waals surface area contributed by atoms with Crippen molar-refractivity contribution in [2.24, 2.45) is 11.8 Å². The first-order valence-electron chi connectivity index (χ1n) is 3.62. The zero-order valence-electron chi connectivity index (χ0n) is 5.69. The first-order chi connectivity index (χ1) is 3.79. The maximum atomic E-state index is 4.03. The Morgan fingerprint density at radius 1 is 1.12 bits per heavy atom. The molecule has 1 rings (SSSR count). The van der Waals surface area contributed by atoms with E-state index in [1.165, 1.54) is 25.7 Å². The Balaban J connectivity index is 2.19. The molecule has 0 nitrogen and oxygen atoms in total. The maximum absolute atomic E-state index is 4.03. The largest absolute Gasteiger partial charge is 0.0625 e. The van der Waals surface area contributed by atoms with Gasteiger partial charge in [0.2, 0.25) is 0 Å². The molecule has 0 aliphatic heterocycles. The molecule has 47 valence electrons. The van der Waals surface area contributed by atoms with Gasteiger partial charge < -0.3 is 0 Å². The van der Waals surface area contributed by atoms with Crippen molar-refractivity contribution >= 4 is 0 Å². The third-order valence-corrected chi connectivity index (χ3v) is 2.14. The lowest BCUT2D eigenvalue weighted by Gasteiger charge is -2.22. The summed E-state index contributed by atoms with van der Waals surface area (Å²) in [4.78, 5) is 0. The van der Waals surface area contributed by atoms with Crippen LogP contribution in [0, 0.1) is 18.8 Å². The van der Waals surface area contributed by atoms with E-state index in [4.69, 9.17) is 0 Å². The Labute approximate surface area is 52.3 Å². The molecule has 0 aromatic carbocycles. The van der Waals surface area contributed by atoms with Crippen molar-refractivity contribution in [2.45, 2.75) is 32.6 Å². The standard InChI is InChI=1S/C8H15/c1-7-3-5-8(2)6-4-7/h7-8H,1,3-6H2,2H3. The predicted molar refractivity (Wildman–Crippen MR) is 36.5 cm³/mol. The molecular formula is C8H15. The van der Waals surface area contributed by atoms with Crippen LogP contribution < -0.4 is 0 Å². The molecule has 0 bridgehead atoms. The van der Waals surface area contributed by atoms with Gasteiger partial charge in [-0.05, 0) is 11.8 Å². The van der Waals surface area contributed by atoms with Crippen LogP contribution in [0.4, 0.5) is 0 Å². The lowest BCUT2D eigenvalue weighted by atomic mass is 9.84. The van der Waals surface area contributed by atoms with Crippen LogP contribution in [0.25, 0.3) is 0 Å². The summed E-state index contributed by atoms with van der Waals surface area (Å²) in [5.74, 6) is 1.75. The van der Waals surface area contributed by atoms with E-state index in [1.807, 2.05) is 0 Å². The lowest BCUT2D eigenvalue weighted by Crippen LogP contribution is -2.08. The molecule has 1 fully saturated rings. The van der Waals surface area contributed by atoms with Crippen molar-refractivity contribution in [1.29, 1.82) is 0 Å². The van der Waals surface area contributed by atoms with Gasteiger partial charge in [0.1, 0.15) is 0 Å². The van der Waals surface area contributed by atoms with Crippen molar-refractivity contribution in [3.8, 4) is 0 Å². The van der Waals surface area contributed by atoms with Crippen molar-refractivity contribution in [2.75, 3.05) is 0 Å². The zero-order valence-corrected chi connectivity index (χ0v) is 5.69. The second-order valence-electron chi connectivity index (χ2n) is 3.13. The molecule has 1 radical (unpaired) electrons. The number of hydrogen-bond donors (Lipinski definition) is 0. The second kappa shape index (κ2) is 2.52. The Hall–Kier alpha value is 0. The summed E-state index contributed by atoms with van der Waals surface area (Å²) in [5.41, 5.74) is 0. The Kier molecular flexibility index (Phi) is 1.93. The molecule has 0 spiro atoms. The van der Waals surface area contributed by atoms with Gasteiger partial charge in [-0.25, -0.2) is 0 Å². The van der Waals surface area contributed by atoms with Crippen LogP contribution >= 0.6 is 0 Å². The molecule has 8 heavy (non-hydrogen) atoms. The number of rotatable bonds is 0. The lowest BCUT2D eigenvalue weighted by molar-refractivity contribution is 0.329. The molecule has 0 heteroatoms. The fourth-order valence-corrected chi connectivity index (χ4v) is 1.33. The normalized spacial score (nSPS) is 39.8. The summed E-state index contributed by atoms with van der Waals surface area (Å²) in [7, 11) is 0. The molecule has 0 unspecified atom stereocenters. The average Bonchev–Trinajstić information content (AvgIpc) is 1.77. The van der Waals surface area contributed by atoms with Crippen LogP contribution in [0.2, 0.25) is 0 Å². The van der Waals surface area contributed by atoms with E-state index in [2.05, 4.69) is 13.8 Å². The highest BCUT2D eigenvalue weighted by molar-refractivity contribution is 4.70. The quantitative estimate of drug-likeness (QED) is 0.451. The van der Waals surface area contributed by atoms with Gasteiger partial charge in [-0.3, -0.25) is 0 Å². The van der Waals surface area contributed by atoms with Gasteiger partial charge in [-0.1, -0.05) is 39.5 Å². The molecular weight excluding hydrogens is 96.1 g/mol. The van der Waals surface area contributed by atoms with E-state index in [1.54, 1.807) is 0 Å². The molecule has 1 saturated carbocycles. The monoisotopic (exact) mass is 111 g/mol. The van der Waals surface area contributed by atoms with Crippen molar-refractivity contribution in [1.82, 2.24) is 0 Å². The Morgan fingerprint density at radius 3 is 2.00 bits per heavy atom. The van der Waals surface area contributed by atoms with Gasteiger partial charge in [0.05, 0.1) is 0 Å². The summed E-state index contributed by atoms with van der Waals surface area (Å²) in [6.07, 6.45) is 5.55. The average molecular weight is 111 g/mol. The van der Waals surface area contributed by atoms with Gasteiger partial charge in [-0.15, -0.1) is 0 Å². The van der Waals surface area contributed by atoms with E-state index < -0.39 is 0 Å². The predicted octanol–water partition coefficient (Wildman–Crippen LogP) is 2.65. The van der Waals surface area contributed by atoms with Crippen molar-refractivity contribution in [3.63, 3.8) is 0 Å². The molecule has 0 aromatic heterocycles. The van der Waals surface area contributed by atoms with Crippen LogP contribution in [0.1, 0.15) is 32.6 Å². The molecule has 1 aliphatic carbocycles. The highest BCUT2D eigenvalue weighted by Gasteiger charge is 2.13. The third kappa shape index (κ3) is 1.50. The van der Waals surface area contributed by atoms with Gasteiger partial charge in [-0.2, -0.15) is 0 Å².